The maximum Gasteiger partial charge on any atom is 0.165 e. The Labute approximate surface area is 88.2 Å². The van der Waals surface area contributed by atoms with Gasteiger partial charge < -0.3 is 16.2 Å². The number of fused-ring (bicyclic) bond motifs is 1. The molecule has 4 N–H and O–H groups in total. The van der Waals surface area contributed by atoms with Crippen LogP contribution in [0, 0.1) is 0 Å². The van der Waals surface area contributed by atoms with E-state index in [-0.39, 0.29) is 5.78 Å². The summed E-state index contributed by atoms with van der Waals surface area (Å²) in [4.78, 5) is 11.7. The smallest absolute Gasteiger partial charge is 0.165 e. The largest absolute Gasteiger partial charge is 0.495 e. The molecule has 4 nitrogen and oxygen atoms in total. The third kappa shape index (κ3) is 1.42. The molecular formula is C11H14N2O2. The van der Waals surface area contributed by atoms with Crippen LogP contribution in [0.25, 0.3) is 0 Å². The van der Waals surface area contributed by atoms with Crippen LogP contribution in [0.1, 0.15) is 28.8 Å². The number of hydrogen-bond donors (Lipinski definition) is 2. The first-order valence-electron chi connectivity index (χ1n) is 4.93. The topological polar surface area (TPSA) is 78.3 Å². The van der Waals surface area contributed by atoms with Crippen molar-refractivity contribution in [2.45, 2.75) is 19.3 Å². The van der Waals surface area contributed by atoms with Crippen molar-refractivity contribution in [2.24, 2.45) is 0 Å². The van der Waals surface area contributed by atoms with Crippen molar-refractivity contribution in [1.82, 2.24) is 0 Å². The lowest BCUT2D eigenvalue weighted by molar-refractivity contribution is 0.0973. The van der Waals surface area contributed by atoms with Crippen molar-refractivity contribution in [3.8, 4) is 5.75 Å². The number of ether oxygens (including phenoxy) is 1. The minimum Gasteiger partial charge on any atom is -0.495 e. The van der Waals surface area contributed by atoms with E-state index in [1.165, 1.54) is 0 Å². The molecule has 0 atom stereocenters. The van der Waals surface area contributed by atoms with Crippen LogP contribution in [0.2, 0.25) is 0 Å². The second-order valence-corrected chi connectivity index (χ2v) is 3.71. The van der Waals surface area contributed by atoms with Gasteiger partial charge in [-0.25, -0.2) is 0 Å². The minimum atomic E-state index is 0.0862. The van der Waals surface area contributed by atoms with Gasteiger partial charge in [0.1, 0.15) is 5.75 Å². The molecule has 0 amide bonds. The van der Waals surface area contributed by atoms with E-state index in [2.05, 4.69) is 0 Å². The molecule has 0 heterocycles. The molecule has 0 unspecified atom stereocenters. The molecule has 0 spiro atoms. The lowest BCUT2D eigenvalue weighted by Crippen LogP contribution is -2.16. The fraction of sp³-hybridized carbons (Fsp3) is 0.364. The summed E-state index contributed by atoms with van der Waals surface area (Å²) in [7, 11) is 1.54. The summed E-state index contributed by atoms with van der Waals surface area (Å²) < 4.78 is 5.11. The summed E-state index contributed by atoms with van der Waals surface area (Å²) in [5, 5.41) is 0. The van der Waals surface area contributed by atoms with Crippen LogP contribution in [-0.4, -0.2) is 12.9 Å². The second-order valence-electron chi connectivity index (χ2n) is 3.71. The number of nitrogen functional groups attached to an aromatic ring is 2. The van der Waals surface area contributed by atoms with Gasteiger partial charge in [0.05, 0.1) is 12.8 Å². The first-order valence-corrected chi connectivity index (χ1v) is 4.93. The molecule has 1 aliphatic carbocycles. The molecule has 0 bridgehead atoms. The average Bonchev–Trinajstić information content (AvgIpc) is 2.23. The number of nitrogens with two attached hydrogens (primary N) is 2. The SMILES string of the molecule is COc1cc(N)c2c(c1N)CCCC2=O. The molecule has 0 aliphatic heterocycles. The summed E-state index contributed by atoms with van der Waals surface area (Å²) in [5.74, 6) is 0.643. The third-order valence-electron chi connectivity index (χ3n) is 2.80. The fourth-order valence-corrected chi connectivity index (χ4v) is 2.06. The van der Waals surface area contributed by atoms with Crippen molar-refractivity contribution < 1.29 is 9.53 Å². The maximum atomic E-state index is 11.7. The zero-order valence-corrected chi connectivity index (χ0v) is 8.67. The van der Waals surface area contributed by atoms with Crippen LogP contribution in [0.4, 0.5) is 11.4 Å². The molecule has 2 rings (SSSR count). The normalized spacial score (nSPS) is 14.9. The van der Waals surface area contributed by atoms with Gasteiger partial charge in [0.2, 0.25) is 0 Å². The molecule has 0 saturated heterocycles. The van der Waals surface area contributed by atoms with Crippen LogP contribution in [-0.2, 0) is 6.42 Å². The predicted molar refractivity (Wildman–Crippen MR) is 59.1 cm³/mol. The molecule has 80 valence electrons. The molecular weight excluding hydrogens is 192 g/mol. The van der Waals surface area contributed by atoms with E-state index >= 15 is 0 Å². The van der Waals surface area contributed by atoms with Crippen LogP contribution in [0.5, 0.6) is 5.75 Å². The number of carbonyl (C=O) groups excluding carboxylic acids is 1. The van der Waals surface area contributed by atoms with Gasteiger partial charge in [-0.15, -0.1) is 0 Å². The average molecular weight is 206 g/mol. The Bertz CT molecular complexity index is 427. The van der Waals surface area contributed by atoms with Crippen molar-refractivity contribution in [1.29, 1.82) is 0 Å². The fourth-order valence-electron chi connectivity index (χ4n) is 2.06. The number of anilines is 2. The van der Waals surface area contributed by atoms with Crippen LogP contribution >= 0.6 is 0 Å². The number of rotatable bonds is 1. The Morgan fingerprint density at radius 3 is 2.73 bits per heavy atom. The Balaban J connectivity index is 2.68. The summed E-state index contributed by atoms with van der Waals surface area (Å²) in [5.41, 5.74) is 14.2. The monoisotopic (exact) mass is 206 g/mol. The number of Topliss-reactive ketones (excluding diaryl/α,β-unsaturated/α-hetero) is 1. The molecule has 1 aromatic rings. The highest BCUT2D eigenvalue weighted by atomic mass is 16.5. The Morgan fingerprint density at radius 2 is 2.07 bits per heavy atom. The zero-order valence-electron chi connectivity index (χ0n) is 8.67. The van der Waals surface area contributed by atoms with Crippen LogP contribution in [0.15, 0.2) is 6.07 Å². The van der Waals surface area contributed by atoms with Gasteiger partial charge in [0.15, 0.2) is 5.78 Å². The molecule has 0 fully saturated rings. The summed E-state index contributed by atoms with van der Waals surface area (Å²) >= 11 is 0. The molecule has 1 aliphatic rings. The first-order chi connectivity index (χ1) is 7.15. The van der Waals surface area contributed by atoms with Crippen molar-refractivity contribution >= 4 is 17.2 Å². The van der Waals surface area contributed by atoms with Gasteiger partial charge in [-0.3, -0.25) is 4.79 Å². The van der Waals surface area contributed by atoms with E-state index in [4.69, 9.17) is 16.2 Å². The highest BCUT2D eigenvalue weighted by molar-refractivity contribution is 6.05. The Kier molecular flexibility index (Phi) is 2.26. The van der Waals surface area contributed by atoms with Crippen LogP contribution < -0.4 is 16.2 Å². The molecule has 1 aromatic carbocycles. The standard InChI is InChI=1S/C11H14N2O2/c1-15-9-5-7(12)10-6(11(9)13)3-2-4-8(10)14/h5H,2-4,12-13H2,1H3. The molecule has 0 saturated carbocycles. The highest BCUT2D eigenvalue weighted by Crippen LogP contribution is 2.37. The first kappa shape index (κ1) is 9.83. The van der Waals surface area contributed by atoms with E-state index < -0.39 is 0 Å². The van der Waals surface area contributed by atoms with Gasteiger partial charge in [-0.2, -0.15) is 0 Å². The van der Waals surface area contributed by atoms with Gasteiger partial charge in [-0.05, 0) is 18.4 Å². The molecule has 0 aromatic heterocycles. The zero-order chi connectivity index (χ0) is 11.0. The summed E-state index contributed by atoms with van der Waals surface area (Å²) in [6.45, 7) is 0. The van der Waals surface area contributed by atoms with Gasteiger partial charge in [0.25, 0.3) is 0 Å². The lowest BCUT2D eigenvalue weighted by Gasteiger charge is -2.20. The molecule has 4 heteroatoms. The summed E-state index contributed by atoms with van der Waals surface area (Å²) in [6, 6.07) is 1.62. The maximum absolute atomic E-state index is 11.7. The van der Waals surface area contributed by atoms with Gasteiger partial charge in [-0.1, -0.05) is 0 Å². The molecule has 0 radical (unpaired) electrons. The van der Waals surface area contributed by atoms with E-state index in [9.17, 15) is 4.79 Å². The number of benzene rings is 1. The minimum absolute atomic E-state index is 0.0862. The van der Waals surface area contributed by atoms with Crippen molar-refractivity contribution in [2.75, 3.05) is 18.6 Å². The third-order valence-corrected chi connectivity index (χ3v) is 2.80. The molecule has 15 heavy (non-hydrogen) atoms. The second kappa shape index (κ2) is 3.46. The quantitative estimate of drug-likeness (QED) is 0.680. The van der Waals surface area contributed by atoms with E-state index in [1.807, 2.05) is 0 Å². The Hall–Kier alpha value is -1.71. The number of hydrogen-bond acceptors (Lipinski definition) is 4. The predicted octanol–water partition coefficient (Wildman–Crippen LogP) is 1.38. The lowest BCUT2D eigenvalue weighted by atomic mass is 9.88. The van der Waals surface area contributed by atoms with Gasteiger partial charge >= 0.3 is 0 Å². The summed E-state index contributed by atoms with van der Waals surface area (Å²) in [6.07, 6.45) is 2.19. The number of carbonyl (C=O) groups is 1. The van der Waals surface area contributed by atoms with Gasteiger partial charge in [0, 0.05) is 23.7 Å². The number of methoxy groups -OCH3 is 1. The Morgan fingerprint density at radius 1 is 1.33 bits per heavy atom. The van der Waals surface area contributed by atoms with E-state index in [1.54, 1.807) is 13.2 Å². The van der Waals surface area contributed by atoms with Crippen LogP contribution in [0.3, 0.4) is 0 Å². The van der Waals surface area contributed by atoms with Crippen molar-refractivity contribution in [3.05, 3.63) is 17.2 Å². The number of ketones is 1. The van der Waals surface area contributed by atoms with E-state index in [0.29, 0.717) is 29.1 Å². The van der Waals surface area contributed by atoms with E-state index in [0.717, 1.165) is 18.4 Å². The highest BCUT2D eigenvalue weighted by Gasteiger charge is 2.24. The van der Waals surface area contributed by atoms with Crippen molar-refractivity contribution in [3.63, 3.8) is 0 Å².